The van der Waals surface area contributed by atoms with Crippen LogP contribution in [0.1, 0.15) is 11.1 Å². The molecule has 0 bridgehead atoms. The van der Waals surface area contributed by atoms with Gasteiger partial charge in [-0.15, -0.1) is 0 Å². The third kappa shape index (κ3) is 5.77. The molecule has 7 nitrogen and oxygen atoms in total. The summed E-state index contributed by atoms with van der Waals surface area (Å²) in [6, 6.07) is 17.0. The molecule has 0 aliphatic carbocycles. The van der Waals surface area contributed by atoms with E-state index in [0.29, 0.717) is 26.2 Å². The Morgan fingerprint density at radius 3 is 2.46 bits per heavy atom. The first-order valence-corrected chi connectivity index (χ1v) is 9.07. The third-order valence-corrected chi connectivity index (χ3v) is 4.17. The molecule has 0 spiro atoms. The quantitative estimate of drug-likeness (QED) is 0.560. The monoisotopic (exact) mass is 380 g/mol. The number of urea groups is 1. The molecule has 0 atom stereocenters. The highest BCUT2D eigenvalue weighted by molar-refractivity contribution is 5.73. The zero-order valence-electron chi connectivity index (χ0n) is 15.8. The Morgan fingerprint density at radius 1 is 1.00 bits per heavy atom. The number of methoxy groups -OCH3 is 1. The van der Waals surface area contributed by atoms with Gasteiger partial charge >= 0.3 is 6.03 Å². The van der Waals surface area contributed by atoms with Gasteiger partial charge in [0.15, 0.2) is 0 Å². The van der Waals surface area contributed by atoms with Gasteiger partial charge in [-0.1, -0.05) is 24.3 Å². The first kappa shape index (κ1) is 19.3. The molecule has 1 heterocycles. The molecule has 2 amide bonds. The zero-order valence-corrected chi connectivity index (χ0v) is 15.8. The Morgan fingerprint density at radius 2 is 1.75 bits per heavy atom. The van der Waals surface area contributed by atoms with Gasteiger partial charge in [-0.3, -0.25) is 4.68 Å². The largest absolute Gasteiger partial charge is 0.497 e. The Hall–Kier alpha value is -3.48. The molecule has 0 fully saturated rings. The molecule has 146 valence electrons. The maximum absolute atomic E-state index is 12.0. The minimum Gasteiger partial charge on any atom is -0.497 e. The standard InChI is InChI=1S/C21H24N4O3/c1-27-19-7-9-20(10-8-19)28-14-12-22-21(26)23-15-17-5-2-3-6-18(17)16-25-13-4-11-24-25/h2-11,13H,12,14-16H2,1H3,(H2,22,23,26). The maximum atomic E-state index is 12.0. The zero-order chi connectivity index (χ0) is 19.6. The lowest BCUT2D eigenvalue weighted by atomic mass is 10.1. The van der Waals surface area contributed by atoms with E-state index in [4.69, 9.17) is 9.47 Å². The van der Waals surface area contributed by atoms with Crippen molar-refractivity contribution in [2.75, 3.05) is 20.3 Å². The third-order valence-electron chi connectivity index (χ3n) is 4.17. The van der Waals surface area contributed by atoms with E-state index in [1.165, 1.54) is 0 Å². The molecular weight excluding hydrogens is 356 g/mol. The van der Waals surface area contributed by atoms with Crippen molar-refractivity contribution in [3.63, 3.8) is 0 Å². The van der Waals surface area contributed by atoms with Gasteiger partial charge in [-0.2, -0.15) is 5.10 Å². The predicted octanol–water partition coefficient (Wildman–Crippen LogP) is 2.82. The van der Waals surface area contributed by atoms with Crippen LogP contribution in [-0.4, -0.2) is 36.1 Å². The van der Waals surface area contributed by atoms with Crippen LogP contribution in [0, 0.1) is 0 Å². The second-order valence-electron chi connectivity index (χ2n) is 6.11. The summed E-state index contributed by atoms with van der Waals surface area (Å²) >= 11 is 0. The fraction of sp³-hybridized carbons (Fsp3) is 0.238. The van der Waals surface area contributed by atoms with E-state index in [9.17, 15) is 4.79 Å². The van der Waals surface area contributed by atoms with Gasteiger partial charge in [0.1, 0.15) is 18.1 Å². The van der Waals surface area contributed by atoms with Crippen LogP contribution >= 0.6 is 0 Å². The summed E-state index contributed by atoms with van der Waals surface area (Å²) in [6.07, 6.45) is 3.67. The summed E-state index contributed by atoms with van der Waals surface area (Å²) in [6.45, 7) is 1.91. The van der Waals surface area contributed by atoms with E-state index in [1.807, 2.05) is 65.5 Å². The van der Waals surface area contributed by atoms with Gasteiger partial charge in [0.05, 0.1) is 20.2 Å². The minimum absolute atomic E-state index is 0.229. The molecular formula is C21H24N4O3. The number of ether oxygens (including phenoxy) is 2. The van der Waals surface area contributed by atoms with Crippen molar-refractivity contribution >= 4 is 6.03 Å². The highest BCUT2D eigenvalue weighted by atomic mass is 16.5. The summed E-state index contributed by atoms with van der Waals surface area (Å²) in [5.41, 5.74) is 2.18. The lowest BCUT2D eigenvalue weighted by Gasteiger charge is -2.12. The number of rotatable bonds is 9. The smallest absolute Gasteiger partial charge is 0.315 e. The number of benzene rings is 2. The lowest BCUT2D eigenvalue weighted by molar-refractivity contribution is 0.236. The molecule has 3 aromatic rings. The molecule has 0 saturated heterocycles. The van der Waals surface area contributed by atoms with Crippen LogP contribution in [0.4, 0.5) is 4.79 Å². The molecule has 2 aromatic carbocycles. The molecule has 28 heavy (non-hydrogen) atoms. The average Bonchev–Trinajstić information content (AvgIpc) is 3.24. The highest BCUT2D eigenvalue weighted by Gasteiger charge is 2.05. The van der Waals surface area contributed by atoms with Gasteiger partial charge in [0.25, 0.3) is 0 Å². The van der Waals surface area contributed by atoms with Crippen LogP contribution in [0.3, 0.4) is 0 Å². The molecule has 2 N–H and O–H groups in total. The minimum atomic E-state index is -0.229. The molecule has 0 radical (unpaired) electrons. The number of nitrogens with one attached hydrogen (secondary N) is 2. The number of carbonyl (C=O) groups is 1. The van der Waals surface area contributed by atoms with Gasteiger partial charge in [-0.25, -0.2) is 4.79 Å². The number of nitrogens with zero attached hydrogens (tertiary/aromatic N) is 2. The predicted molar refractivity (Wildman–Crippen MR) is 106 cm³/mol. The second-order valence-corrected chi connectivity index (χ2v) is 6.11. The van der Waals surface area contributed by atoms with Crippen molar-refractivity contribution in [3.8, 4) is 11.5 Å². The van der Waals surface area contributed by atoms with Gasteiger partial charge in [-0.05, 0) is 41.5 Å². The summed E-state index contributed by atoms with van der Waals surface area (Å²) < 4.78 is 12.5. The van der Waals surface area contributed by atoms with Crippen LogP contribution in [-0.2, 0) is 13.1 Å². The van der Waals surface area contributed by atoms with E-state index in [1.54, 1.807) is 13.3 Å². The molecule has 0 aliphatic heterocycles. The average molecular weight is 380 g/mol. The van der Waals surface area contributed by atoms with E-state index in [-0.39, 0.29) is 6.03 Å². The molecule has 0 aliphatic rings. The number of hydrogen-bond donors (Lipinski definition) is 2. The van der Waals surface area contributed by atoms with Crippen LogP contribution in [0.15, 0.2) is 67.0 Å². The number of amides is 2. The summed E-state index contributed by atoms with van der Waals surface area (Å²) in [7, 11) is 1.62. The first-order chi connectivity index (χ1) is 13.7. The van der Waals surface area contributed by atoms with Crippen LogP contribution in [0.25, 0.3) is 0 Å². The molecule has 7 heteroatoms. The molecule has 1 aromatic heterocycles. The van der Waals surface area contributed by atoms with Gasteiger partial charge in [0.2, 0.25) is 0 Å². The van der Waals surface area contributed by atoms with E-state index >= 15 is 0 Å². The van der Waals surface area contributed by atoms with E-state index in [2.05, 4.69) is 15.7 Å². The Balaban J connectivity index is 1.39. The van der Waals surface area contributed by atoms with Crippen molar-refractivity contribution in [2.45, 2.75) is 13.1 Å². The number of carbonyl (C=O) groups excluding carboxylic acids is 1. The maximum Gasteiger partial charge on any atom is 0.315 e. The summed E-state index contributed by atoms with van der Waals surface area (Å²) in [5, 5.41) is 9.90. The van der Waals surface area contributed by atoms with Crippen LogP contribution in [0.2, 0.25) is 0 Å². The highest BCUT2D eigenvalue weighted by Crippen LogP contribution is 2.16. The van der Waals surface area contributed by atoms with Crippen molar-refractivity contribution in [1.82, 2.24) is 20.4 Å². The van der Waals surface area contributed by atoms with Gasteiger partial charge in [0, 0.05) is 18.9 Å². The van der Waals surface area contributed by atoms with Crippen molar-refractivity contribution in [1.29, 1.82) is 0 Å². The normalized spacial score (nSPS) is 10.3. The Kier molecular flexibility index (Phi) is 6.89. The van der Waals surface area contributed by atoms with Crippen molar-refractivity contribution in [2.24, 2.45) is 0 Å². The Bertz CT molecular complexity index is 864. The topological polar surface area (TPSA) is 77.4 Å². The molecule has 3 rings (SSSR count). The Labute approximate surface area is 164 Å². The van der Waals surface area contributed by atoms with E-state index < -0.39 is 0 Å². The summed E-state index contributed by atoms with van der Waals surface area (Å²) in [5.74, 6) is 1.51. The molecule has 0 unspecified atom stereocenters. The SMILES string of the molecule is COc1ccc(OCCNC(=O)NCc2ccccc2Cn2cccn2)cc1. The van der Waals surface area contributed by atoms with Crippen LogP contribution < -0.4 is 20.1 Å². The lowest BCUT2D eigenvalue weighted by Crippen LogP contribution is -2.37. The van der Waals surface area contributed by atoms with Crippen LogP contribution in [0.5, 0.6) is 11.5 Å². The fourth-order valence-corrected chi connectivity index (χ4v) is 2.70. The number of aromatic nitrogens is 2. The summed E-state index contributed by atoms with van der Waals surface area (Å²) in [4.78, 5) is 12.0. The fourth-order valence-electron chi connectivity index (χ4n) is 2.70. The second kappa shape index (κ2) is 10.0. The first-order valence-electron chi connectivity index (χ1n) is 9.07. The van der Waals surface area contributed by atoms with Crippen molar-refractivity contribution in [3.05, 3.63) is 78.1 Å². The van der Waals surface area contributed by atoms with E-state index in [0.717, 1.165) is 22.6 Å². The number of hydrogen-bond acceptors (Lipinski definition) is 4. The van der Waals surface area contributed by atoms with Crippen molar-refractivity contribution < 1.29 is 14.3 Å². The molecule has 0 saturated carbocycles. The van der Waals surface area contributed by atoms with Gasteiger partial charge < -0.3 is 20.1 Å².